The van der Waals surface area contributed by atoms with E-state index in [1.807, 2.05) is 24.3 Å². The Balaban J connectivity index is 1.77. The maximum absolute atomic E-state index is 12.3. The van der Waals surface area contributed by atoms with Crippen LogP contribution in [-0.2, 0) is 4.79 Å². The molecule has 2 amide bonds. The van der Waals surface area contributed by atoms with E-state index >= 15 is 0 Å². The first-order chi connectivity index (χ1) is 11.2. The first-order valence-electron chi connectivity index (χ1n) is 7.22. The second kappa shape index (κ2) is 6.58. The molecule has 0 saturated carbocycles. The second-order valence-corrected chi connectivity index (χ2v) is 5.95. The number of hydrogen-bond acceptors (Lipinski definition) is 4. The molecule has 6 heteroatoms. The summed E-state index contributed by atoms with van der Waals surface area (Å²) in [6.07, 6.45) is 0.391. The number of thiazole rings is 1. The highest BCUT2D eigenvalue weighted by Gasteiger charge is 2.10. The molecule has 23 heavy (non-hydrogen) atoms. The highest BCUT2D eigenvalue weighted by molar-refractivity contribution is 7.22. The van der Waals surface area contributed by atoms with Gasteiger partial charge in [0.05, 0.1) is 10.2 Å². The lowest BCUT2D eigenvalue weighted by molar-refractivity contribution is -0.115. The molecule has 5 nitrogen and oxygen atoms in total. The zero-order valence-corrected chi connectivity index (χ0v) is 13.3. The molecule has 2 N–H and O–H groups in total. The van der Waals surface area contributed by atoms with Crippen molar-refractivity contribution in [3.05, 3.63) is 54.1 Å². The molecular formula is C17H15N3O2S. The molecule has 0 radical (unpaired) electrons. The summed E-state index contributed by atoms with van der Waals surface area (Å²) in [6, 6.07) is 14.5. The van der Waals surface area contributed by atoms with Crippen molar-refractivity contribution in [1.82, 2.24) is 4.98 Å². The molecule has 0 spiro atoms. The number of amides is 2. The van der Waals surface area contributed by atoms with Crippen molar-refractivity contribution in [1.29, 1.82) is 0 Å². The minimum atomic E-state index is -0.253. The Bertz CT molecular complexity index is 840. The Morgan fingerprint density at radius 1 is 1.09 bits per heavy atom. The van der Waals surface area contributed by atoms with E-state index < -0.39 is 0 Å². The van der Waals surface area contributed by atoms with Crippen molar-refractivity contribution in [2.45, 2.75) is 13.3 Å². The van der Waals surface area contributed by atoms with Crippen LogP contribution in [0.2, 0.25) is 0 Å². The van der Waals surface area contributed by atoms with Crippen LogP contribution in [0.1, 0.15) is 23.7 Å². The summed E-state index contributed by atoms with van der Waals surface area (Å²) in [5.41, 5.74) is 1.93. The van der Waals surface area contributed by atoms with Crippen LogP contribution in [0.25, 0.3) is 10.2 Å². The van der Waals surface area contributed by atoms with Crippen molar-refractivity contribution < 1.29 is 9.59 Å². The van der Waals surface area contributed by atoms with Gasteiger partial charge in [0.1, 0.15) is 0 Å². The third kappa shape index (κ3) is 3.54. The molecule has 0 bridgehead atoms. The Kier molecular flexibility index (Phi) is 4.34. The lowest BCUT2D eigenvalue weighted by Gasteiger charge is -2.06. The Labute approximate surface area is 137 Å². The van der Waals surface area contributed by atoms with Crippen molar-refractivity contribution in [3.8, 4) is 0 Å². The van der Waals surface area contributed by atoms with Crippen LogP contribution in [0.3, 0.4) is 0 Å². The number of anilines is 2. The molecule has 0 aliphatic rings. The first kappa shape index (κ1) is 15.2. The fraction of sp³-hybridized carbons (Fsp3) is 0.118. The van der Waals surface area contributed by atoms with Gasteiger partial charge in [-0.2, -0.15) is 0 Å². The summed E-state index contributed by atoms with van der Waals surface area (Å²) < 4.78 is 1.02. The van der Waals surface area contributed by atoms with Gasteiger partial charge in [0.15, 0.2) is 5.13 Å². The van der Waals surface area contributed by atoms with Crippen LogP contribution in [0.4, 0.5) is 10.8 Å². The van der Waals surface area contributed by atoms with E-state index in [0.717, 1.165) is 10.2 Å². The van der Waals surface area contributed by atoms with Gasteiger partial charge in [-0.1, -0.05) is 36.5 Å². The quantitative estimate of drug-likeness (QED) is 0.764. The highest BCUT2D eigenvalue weighted by Crippen LogP contribution is 2.25. The van der Waals surface area contributed by atoms with Crippen LogP contribution in [0.5, 0.6) is 0 Å². The zero-order valence-electron chi connectivity index (χ0n) is 12.5. The van der Waals surface area contributed by atoms with Crippen LogP contribution in [-0.4, -0.2) is 16.8 Å². The smallest absolute Gasteiger partial charge is 0.257 e. The molecule has 0 aliphatic carbocycles. The molecule has 2 aromatic carbocycles. The largest absolute Gasteiger partial charge is 0.326 e. The molecule has 3 rings (SSSR count). The van der Waals surface area contributed by atoms with E-state index in [-0.39, 0.29) is 11.8 Å². The summed E-state index contributed by atoms with van der Waals surface area (Å²) in [6.45, 7) is 1.78. The monoisotopic (exact) mass is 325 g/mol. The van der Waals surface area contributed by atoms with E-state index in [1.165, 1.54) is 11.3 Å². The molecule has 3 aromatic rings. The predicted molar refractivity (Wildman–Crippen MR) is 92.9 cm³/mol. The summed E-state index contributed by atoms with van der Waals surface area (Å²) in [7, 11) is 0. The first-order valence-corrected chi connectivity index (χ1v) is 8.04. The number of para-hydroxylation sites is 1. The third-order valence-corrected chi connectivity index (χ3v) is 4.20. The minimum absolute atomic E-state index is 0.0891. The lowest BCUT2D eigenvalue weighted by atomic mass is 10.2. The van der Waals surface area contributed by atoms with Gasteiger partial charge in [0.25, 0.3) is 5.91 Å². The van der Waals surface area contributed by atoms with E-state index in [2.05, 4.69) is 15.6 Å². The average Bonchev–Trinajstić information content (AvgIpc) is 2.97. The van der Waals surface area contributed by atoms with Gasteiger partial charge >= 0.3 is 0 Å². The molecule has 0 unspecified atom stereocenters. The number of carbonyl (C=O) groups is 2. The Morgan fingerprint density at radius 2 is 1.91 bits per heavy atom. The number of nitrogens with one attached hydrogen (secondary N) is 2. The van der Waals surface area contributed by atoms with E-state index in [0.29, 0.717) is 22.8 Å². The highest BCUT2D eigenvalue weighted by atomic mass is 32.1. The summed E-state index contributed by atoms with van der Waals surface area (Å²) in [4.78, 5) is 28.2. The molecule has 0 aliphatic heterocycles. The SMILES string of the molecule is CCC(=O)Nc1cccc(C(=O)Nc2nc3ccccc3s2)c1. The third-order valence-electron chi connectivity index (χ3n) is 3.24. The van der Waals surface area contributed by atoms with E-state index in [1.54, 1.807) is 31.2 Å². The maximum Gasteiger partial charge on any atom is 0.257 e. The summed E-state index contributed by atoms with van der Waals surface area (Å²) in [5, 5.41) is 6.09. The average molecular weight is 325 g/mol. The fourth-order valence-electron chi connectivity index (χ4n) is 2.08. The van der Waals surface area contributed by atoms with Crippen LogP contribution >= 0.6 is 11.3 Å². The molecule has 1 heterocycles. The molecule has 0 atom stereocenters. The number of nitrogens with zero attached hydrogens (tertiary/aromatic N) is 1. The number of aromatic nitrogens is 1. The van der Waals surface area contributed by atoms with Gasteiger partial charge < -0.3 is 5.32 Å². The minimum Gasteiger partial charge on any atom is -0.326 e. The predicted octanol–water partition coefficient (Wildman–Crippen LogP) is 3.90. The van der Waals surface area contributed by atoms with E-state index in [4.69, 9.17) is 0 Å². The Morgan fingerprint density at radius 3 is 2.70 bits per heavy atom. The van der Waals surface area contributed by atoms with Crippen molar-refractivity contribution in [3.63, 3.8) is 0 Å². The molecule has 0 saturated heterocycles. The normalized spacial score (nSPS) is 10.5. The number of fused-ring (bicyclic) bond motifs is 1. The van der Waals surface area contributed by atoms with Crippen molar-refractivity contribution in [2.75, 3.05) is 10.6 Å². The number of rotatable bonds is 4. The zero-order chi connectivity index (χ0) is 16.2. The molecule has 116 valence electrons. The molecular weight excluding hydrogens is 310 g/mol. The van der Waals surface area contributed by atoms with Crippen molar-refractivity contribution in [2.24, 2.45) is 0 Å². The maximum atomic E-state index is 12.3. The lowest BCUT2D eigenvalue weighted by Crippen LogP contribution is -2.13. The van der Waals surface area contributed by atoms with Gasteiger partial charge in [-0.3, -0.25) is 14.9 Å². The van der Waals surface area contributed by atoms with Crippen molar-refractivity contribution >= 4 is 44.2 Å². The van der Waals surface area contributed by atoms with Gasteiger partial charge in [-0.25, -0.2) is 4.98 Å². The summed E-state index contributed by atoms with van der Waals surface area (Å²) in [5.74, 6) is -0.342. The summed E-state index contributed by atoms with van der Waals surface area (Å²) >= 11 is 1.43. The Hall–Kier alpha value is -2.73. The molecule has 0 fully saturated rings. The van der Waals surface area contributed by atoms with Gasteiger partial charge in [-0.15, -0.1) is 0 Å². The number of carbonyl (C=O) groups excluding carboxylic acids is 2. The van der Waals surface area contributed by atoms with E-state index in [9.17, 15) is 9.59 Å². The standard InChI is InChI=1S/C17H15N3O2S/c1-2-15(21)18-12-7-5-6-11(10-12)16(22)20-17-19-13-8-3-4-9-14(13)23-17/h3-10H,2H2,1H3,(H,18,21)(H,19,20,22). The van der Waals surface area contributed by atoms with Crippen LogP contribution in [0, 0.1) is 0 Å². The van der Waals surface area contributed by atoms with Gasteiger partial charge in [0.2, 0.25) is 5.91 Å². The number of hydrogen-bond donors (Lipinski definition) is 2. The fourth-order valence-corrected chi connectivity index (χ4v) is 2.94. The second-order valence-electron chi connectivity index (χ2n) is 4.92. The van der Waals surface area contributed by atoms with Crippen LogP contribution in [0.15, 0.2) is 48.5 Å². The van der Waals surface area contributed by atoms with Gasteiger partial charge in [0, 0.05) is 17.7 Å². The topological polar surface area (TPSA) is 71.1 Å². The van der Waals surface area contributed by atoms with Gasteiger partial charge in [-0.05, 0) is 30.3 Å². The molecule has 1 aromatic heterocycles. The number of benzene rings is 2. The van der Waals surface area contributed by atoms with Crippen LogP contribution < -0.4 is 10.6 Å².